The molecule has 2 rings (SSSR count). The van der Waals surface area contributed by atoms with Gasteiger partial charge in [-0.1, -0.05) is 37.3 Å². The molecule has 0 unspecified atom stereocenters. The fourth-order valence-electron chi connectivity index (χ4n) is 2.38. The van der Waals surface area contributed by atoms with E-state index in [1.54, 1.807) is 14.0 Å². The zero-order valence-electron chi connectivity index (χ0n) is 11.1. The molecule has 0 saturated heterocycles. The minimum atomic E-state index is -0.860. The quantitative estimate of drug-likeness (QED) is 0.774. The van der Waals surface area contributed by atoms with Crippen LogP contribution < -0.4 is 0 Å². The van der Waals surface area contributed by atoms with Crippen molar-refractivity contribution in [1.82, 2.24) is 0 Å². The van der Waals surface area contributed by atoms with E-state index >= 15 is 0 Å². The van der Waals surface area contributed by atoms with Gasteiger partial charge in [0.1, 0.15) is 0 Å². The molecular formula is C14H19NO3. The standard InChI is InChI=1S/C14H19NO3/c1-4-13-12(11-8-6-5-7-9-11)10-14(2,17-3)18-15(13)16/h5-9,12H,4,10H2,1-3H3/t12-,14-/m1/s1. The molecule has 0 N–H and O–H groups in total. The van der Waals surface area contributed by atoms with Crippen molar-refractivity contribution in [3.05, 3.63) is 41.1 Å². The van der Waals surface area contributed by atoms with Crippen LogP contribution in [0.1, 0.15) is 38.2 Å². The molecule has 0 fully saturated rings. The van der Waals surface area contributed by atoms with Gasteiger partial charge in [-0.25, -0.2) is 0 Å². The summed E-state index contributed by atoms with van der Waals surface area (Å²) >= 11 is 0. The number of hydrogen-bond donors (Lipinski definition) is 0. The predicted molar refractivity (Wildman–Crippen MR) is 69.2 cm³/mol. The second kappa shape index (κ2) is 4.98. The van der Waals surface area contributed by atoms with Crippen molar-refractivity contribution >= 4 is 5.71 Å². The summed E-state index contributed by atoms with van der Waals surface area (Å²) in [5.74, 6) is -0.812. The predicted octanol–water partition coefficient (Wildman–Crippen LogP) is 2.83. The summed E-state index contributed by atoms with van der Waals surface area (Å²) in [4.78, 5) is 5.93. The highest BCUT2D eigenvalue weighted by Crippen LogP contribution is 2.35. The summed E-state index contributed by atoms with van der Waals surface area (Å²) in [5, 5.41) is 12.0. The zero-order chi connectivity index (χ0) is 13.2. The molecule has 0 saturated carbocycles. The Morgan fingerprint density at radius 2 is 2.11 bits per heavy atom. The Morgan fingerprint density at radius 1 is 1.44 bits per heavy atom. The van der Waals surface area contributed by atoms with Gasteiger partial charge < -0.3 is 9.57 Å². The molecule has 0 spiro atoms. The van der Waals surface area contributed by atoms with Crippen molar-refractivity contribution in [2.75, 3.05) is 7.11 Å². The summed E-state index contributed by atoms with van der Waals surface area (Å²) in [6.45, 7) is 3.76. The number of hydrogen-bond acceptors (Lipinski definition) is 3. The van der Waals surface area contributed by atoms with Gasteiger partial charge in [-0.3, -0.25) is 5.21 Å². The van der Waals surface area contributed by atoms with Gasteiger partial charge in [-0.2, -0.15) is 0 Å². The van der Waals surface area contributed by atoms with Crippen molar-refractivity contribution in [3.63, 3.8) is 0 Å². The molecule has 4 nitrogen and oxygen atoms in total. The van der Waals surface area contributed by atoms with Gasteiger partial charge >= 0.3 is 0 Å². The molecule has 4 heteroatoms. The average molecular weight is 249 g/mol. The van der Waals surface area contributed by atoms with E-state index in [9.17, 15) is 5.21 Å². The Kier molecular flexibility index (Phi) is 3.57. The van der Waals surface area contributed by atoms with Gasteiger partial charge in [0.2, 0.25) is 5.71 Å². The molecule has 1 heterocycles. The Bertz CT molecular complexity index is 444. The molecule has 1 aliphatic heterocycles. The monoisotopic (exact) mass is 249 g/mol. The van der Waals surface area contributed by atoms with Crippen LogP contribution in [-0.2, 0) is 9.57 Å². The molecular weight excluding hydrogens is 230 g/mol. The lowest BCUT2D eigenvalue weighted by Gasteiger charge is -2.37. The first-order valence-electron chi connectivity index (χ1n) is 6.22. The number of nitrogens with zero attached hydrogens (tertiary/aromatic N) is 1. The van der Waals surface area contributed by atoms with E-state index in [0.717, 1.165) is 11.3 Å². The second-order valence-corrected chi connectivity index (χ2v) is 4.70. The highest BCUT2D eigenvalue weighted by atomic mass is 16.9. The van der Waals surface area contributed by atoms with Gasteiger partial charge in [0, 0.05) is 24.9 Å². The largest absolute Gasteiger partial charge is 0.369 e. The fourth-order valence-corrected chi connectivity index (χ4v) is 2.38. The van der Waals surface area contributed by atoms with E-state index < -0.39 is 5.79 Å². The van der Waals surface area contributed by atoms with Gasteiger partial charge in [-0.05, 0) is 12.5 Å². The number of benzene rings is 1. The minimum absolute atomic E-state index is 0.0485. The molecule has 1 aromatic carbocycles. The van der Waals surface area contributed by atoms with Crippen LogP contribution in [0.3, 0.4) is 0 Å². The van der Waals surface area contributed by atoms with E-state index in [4.69, 9.17) is 9.57 Å². The van der Waals surface area contributed by atoms with E-state index in [1.807, 2.05) is 37.3 Å². The van der Waals surface area contributed by atoms with E-state index in [0.29, 0.717) is 17.7 Å². The van der Waals surface area contributed by atoms with Gasteiger partial charge in [0.05, 0.1) is 5.92 Å². The van der Waals surface area contributed by atoms with Crippen molar-refractivity contribution < 1.29 is 14.5 Å². The van der Waals surface area contributed by atoms with Crippen LogP contribution >= 0.6 is 0 Å². The van der Waals surface area contributed by atoms with Crippen LogP contribution in [0.5, 0.6) is 0 Å². The summed E-state index contributed by atoms with van der Waals surface area (Å²) in [6, 6.07) is 10.0. The SMILES string of the molecule is CCC1=[N+]([O-])O[C@@](C)(OC)C[C@@H]1c1ccccc1. The zero-order valence-corrected chi connectivity index (χ0v) is 11.1. The number of rotatable bonds is 3. The van der Waals surface area contributed by atoms with Crippen molar-refractivity contribution in [2.45, 2.75) is 38.4 Å². The second-order valence-electron chi connectivity index (χ2n) is 4.70. The smallest absolute Gasteiger partial charge is 0.229 e. The first kappa shape index (κ1) is 12.9. The number of methoxy groups -OCH3 is 1. The van der Waals surface area contributed by atoms with Crippen LogP contribution in [-0.4, -0.2) is 23.5 Å². The van der Waals surface area contributed by atoms with E-state index in [1.165, 1.54) is 0 Å². The van der Waals surface area contributed by atoms with E-state index in [2.05, 4.69) is 0 Å². The highest BCUT2D eigenvalue weighted by Gasteiger charge is 2.40. The third kappa shape index (κ3) is 2.34. The summed E-state index contributed by atoms with van der Waals surface area (Å²) in [7, 11) is 1.56. The van der Waals surface area contributed by atoms with Crippen molar-refractivity contribution in [2.24, 2.45) is 0 Å². The maximum atomic E-state index is 12.0. The molecule has 0 aliphatic carbocycles. The van der Waals surface area contributed by atoms with Crippen LogP contribution in [0.4, 0.5) is 0 Å². The third-order valence-corrected chi connectivity index (χ3v) is 3.48. The Balaban J connectivity index is 2.40. The first-order valence-corrected chi connectivity index (χ1v) is 6.22. The van der Waals surface area contributed by atoms with Crippen LogP contribution in [0.25, 0.3) is 0 Å². The average Bonchev–Trinajstić information content (AvgIpc) is 2.39. The number of ether oxygens (including phenoxy) is 1. The molecule has 98 valence electrons. The van der Waals surface area contributed by atoms with Crippen LogP contribution in [0.15, 0.2) is 30.3 Å². The van der Waals surface area contributed by atoms with Gasteiger partial charge in [0.15, 0.2) is 5.79 Å². The molecule has 0 aromatic heterocycles. The third-order valence-electron chi connectivity index (χ3n) is 3.48. The Labute approximate surface area is 107 Å². The Morgan fingerprint density at radius 3 is 2.67 bits per heavy atom. The summed E-state index contributed by atoms with van der Waals surface area (Å²) < 4.78 is 5.32. The van der Waals surface area contributed by atoms with Gasteiger partial charge in [-0.15, -0.1) is 0 Å². The van der Waals surface area contributed by atoms with Gasteiger partial charge in [0.25, 0.3) is 0 Å². The van der Waals surface area contributed by atoms with Crippen molar-refractivity contribution in [1.29, 1.82) is 0 Å². The molecule has 0 radical (unpaired) electrons. The summed E-state index contributed by atoms with van der Waals surface area (Å²) in [5.41, 5.74) is 1.87. The maximum absolute atomic E-state index is 12.0. The molecule has 1 aliphatic rings. The topological polar surface area (TPSA) is 44.5 Å². The first-order chi connectivity index (χ1) is 8.59. The maximum Gasteiger partial charge on any atom is 0.229 e. The fraction of sp³-hybridized carbons (Fsp3) is 0.500. The molecule has 1 aromatic rings. The Hall–Kier alpha value is -1.55. The lowest BCUT2D eigenvalue weighted by Crippen LogP contribution is -2.44. The molecule has 18 heavy (non-hydrogen) atoms. The van der Waals surface area contributed by atoms with Crippen LogP contribution in [0.2, 0.25) is 0 Å². The van der Waals surface area contributed by atoms with E-state index in [-0.39, 0.29) is 5.92 Å². The highest BCUT2D eigenvalue weighted by molar-refractivity contribution is 5.86. The molecule has 0 bridgehead atoms. The van der Waals surface area contributed by atoms with Crippen LogP contribution in [0, 0.1) is 5.21 Å². The van der Waals surface area contributed by atoms with Crippen molar-refractivity contribution in [3.8, 4) is 0 Å². The summed E-state index contributed by atoms with van der Waals surface area (Å²) in [6.07, 6.45) is 1.32. The lowest BCUT2D eigenvalue weighted by molar-refractivity contribution is -0.787. The normalized spacial score (nSPS) is 28.1. The minimum Gasteiger partial charge on any atom is -0.369 e. The lowest BCUT2D eigenvalue weighted by atomic mass is 9.86. The molecule has 0 amide bonds. The molecule has 2 atom stereocenters.